The van der Waals surface area contributed by atoms with Gasteiger partial charge in [0.25, 0.3) is 0 Å². The van der Waals surface area contributed by atoms with Gasteiger partial charge in [0, 0.05) is 190 Å². The molecule has 0 spiro atoms. The van der Waals surface area contributed by atoms with Crippen LogP contribution in [0.5, 0.6) is 0 Å². The van der Waals surface area contributed by atoms with Gasteiger partial charge in [-0.05, 0) is 81.5 Å². The van der Waals surface area contributed by atoms with Crippen LogP contribution < -0.4 is 0 Å². The number of rotatable bonds is 0. The summed E-state index contributed by atoms with van der Waals surface area (Å²) in [4.78, 5) is 52.6. The van der Waals surface area contributed by atoms with Crippen molar-refractivity contribution < 1.29 is 0 Å². The molecule has 0 fully saturated rings. The van der Waals surface area contributed by atoms with E-state index < -0.39 is 0 Å². The third-order valence-corrected chi connectivity index (χ3v) is 17.1. The lowest BCUT2D eigenvalue weighted by Crippen LogP contribution is -2.20. The van der Waals surface area contributed by atoms with Crippen LogP contribution in [0.25, 0.3) is 0 Å². The van der Waals surface area contributed by atoms with E-state index in [-0.39, 0.29) is 54.1 Å². The minimum atomic E-state index is 0.0707. The molecule has 11 heterocycles. The van der Waals surface area contributed by atoms with E-state index in [0.29, 0.717) is 10.8 Å². The Morgan fingerprint density at radius 2 is 0.809 bits per heavy atom. The van der Waals surface area contributed by atoms with E-state index in [1.807, 2.05) is 98.1 Å². The van der Waals surface area contributed by atoms with Gasteiger partial charge < -0.3 is 4.98 Å². The van der Waals surface area contributed by atoms with E-state index in [2.05, 4.69) is 389 Å². The van der Waals surface area contributed by atoms with Crippen LogP contribution in [-0.2, 0) is 43.3 Å². The summed E-state index contributed by atoms with van der Waals surface area (Å²) in [5, 5.41) is 15.6. The molecular formula is C98H151N17. The van der Waals surface area contributed by atoms with Crippen molar-refractivity contribution in [2.24, 2.45) is 51.8 Å². The Morgan fingerprint density at radius 1 is 0.322 bits per heavy atom. The summed E-state index contributed by atoms with van der Waals surface area (Å²) in [7, 11) is 0. The number of benzene rings is 1. The molecular weight excluding hydrogens is 1420 g/mol. The minimum Gasteiger partial charge on any atom is -0.348 e. The van der Waals surface area contributed by atoms with Gasteiger partial charge in [-0.25, -0.2) is 19.9 Å². The molecule has 0 bridgehead atoms. The Bertz CT molecular complexity index is 3510. The van der Waals surface area contributed by atoms with Crippen molar-refractivity contribution in [3.8, 4) is 0 Å². The molecule has 115 heavy (non-hydrogen) atoms. The fourth-order valence-corrected chi connectivity index (χ4v) is 9.26. The van der Waals surface area contributed by atoms with Crippen LogP contribution in [0.2, 0.25) is 0 Å². The molecule has 1 N–H and O–H groups in total. The van der Waals surface area contributed by atoms with Crippen molar-refractivity contribution in [1.29, 1.82) is 0 Å². The summed E-state index contributed by atoms with van der Waals surface area (Å²) >= 11 is 0. The molecule has 628 valence electrons. The van der Waals surface area contributed by atoms with Crippen molar-refractivity contribution in [2.75, 3.05) is 6.54 Å². The zero-order valence-electron chi connectivity index (χ0n) is 78.1. The number of aromatic amines is 1. The van der Waals surface area contributed by atoms with Crippen LogP contribution in [0.15, 0.2) is 226 Å². The van der Waals surface area contributed by atoms with E-state index in [9.17, 15) is 0 Å². The maximum Gasteiger partial charge on any atom is 0.133 e. The number of imidazole rings is 1. The van der Waals surface area contributed by atoms with Gasteiger partial charge in [0.2, 0.25) is 0 Å². The molecule has 4 aliphatic rings. The molecule has 0 atom stereocenters. The lowest BCUT2D eigenvalue weighted by Gasteiger charge is -2.18. The van der Waals surface area contributed by atoms with Crippen LogP contribution in [0.1, 0.15) is 314 Å². The van der Waals surface area contributed by atoms with Crippen LogP contribution in [0.3, 0.4) is 0 Å². The number of pyridine rings is 3. The third kappa shape index (κ3) is 46.7. The molecule has 0 aliphatic carbocycles. The molecule has 17 heteroatoms. The maximum absolute atomic E-state index is 4.25. The van der Waals surface area contributed by atoms with Crippen LogP contribution in [-0.4, -0.2) is 97.5 Å². The Balaban J connectivity index is 0.000000627. The van der Waals surface area contributed by atoms with Crippen molar-refractivity contribution in [3.63, 3.8) is 0 Å². The van der Waals surface area contributed by atoms with Crippen molar-refractivity contribution in [3.05, 3.63) is 241 Å². The molecule has 12 rings (SSSR count). The molecule has 0 saturated carbocycles. The highest BCUT2D eigenvalue weighted by atomic mass is 15.2. The summed E-state index contributed by atoms with van der Waals surface area (Å²) in [5.41, 5.74) is 14.5. The molecule has 0 amide bonds. The molecule has 0 radical (unpaired) electrons. The van der Waals surface area contributed by atoms with E-state index in [4.69, 9.17) is 0 Å². The smallest absolute Gasteiger partial charge is 0.133 e. The summed E-state index contributed by atoms with van der Waals surface area (Å²) in [6, 6.07) is 32.4. The number of nitrogens with zero attached hydrogens (tertiary/aromatic N) is 16. The highest BCUT2D eigenvalue weighted by molar-refractivity contribution is 6.01. The van der Waals surface area contributed by atoms with E-state index in [1.54, 1.807) is 55.9 Å². The molecule has 0 unspecified atom stereocenters. The lowest BCUT2D eigenvalue weighted by atomic mass is 9.86. The monoisotopic (exact) mass is 1570 g/mol. The summed E-state index contributed by atoms with van der Waals surface area (Å²) < 4.78 is 0. The maximum atomic E-state index is 4.25. The van der Waals surface area contributed by atoms with Gasteiger partial charge in [-0.1, -0.05) is 304 Å². The standard InChI is InChI=1S/C10H14.3C9H13N.3C8H12N2.2C8H13N.3C7H12N2/c1-10(2,3)9-7-5-4-6-8-9;1-9(2,3)8-5-4-6-10-7-8;2*1-9(2,3)8-6-4-5-7-10-8;1-8(2,3)7-6-9-4-5-10-7;1-8(2,3)7-9-5-4-6-10-7;1-8(2,3)7-5-4-6-9-10-7;1-8(2,3)7-4-5-9-6-7;1-8(2,3)7-5-4-6-9-7;1-7(2,3)6-4-8-5-9-6;1-7(2,3)6-8-4-5-9-6;1-7(2,3)6-4-5-8-9-6/h4-8H,1-3H3;3*4-7H,1-3H3;3*4-6H,1-3H3;5-6H,4H2,1-3H3;4,6H,5H2,1-3H3;5H,4H2,1-3H3;4-5H,1-3H3,(H,8,9);5H,4H2,1-3H3. The number of allylic oxidation sites excluding steroid dienone is 2. The van der Waals surface area contributed by atoms with Crippen molar-refractivity contribution in [2.45, 2.75) is 312 Å². The quantitative estimate of drug-likeness (QED) is 0.151. The zero-order valence-corrected chi connectivity index (χ0v) is 78.1. The molecule has 0 saturated heterocycles. The number of aliphatic imine (C=N–C) groups is 4. The molecule has 8 aromatic rings. The van der Waals surface area contributed by atoms with Crippen LogP contribution in [0.4, 0.5) is 0 Å². The van der Waals surface area contributed by atoms with Gasteiger partial charge in [-0.15, -0.1) is 0 Å². The SMILES string of the molecule is CC(C)(C)C1=CN=CC1.CC(C)(C)C1=NC=CC1.CC(C)(C)C1=NC=NC1.CC(C)(C)C1=NN=CC1.CC(C)(C)c1ccccc1.CC(C)(C)c1ccccn1.CC(C)(C)c1ccccn1.CC(C)(C)c1cccnc1.CC(C)(C)c1cccnn1.CC(C)(C)c1cnccn1.CC(C)(C)c1ncc[nH]1.CC(C)(C)c1ncccn1. The number of hydrogen-bond donors (Lipinski definition) is 1. The first-order chi connectivity index (χ1) is 52.8. The van der Waals surface area contributed by atoms with Gasteiger partial charge in [0.1, 0.15) is 18.0 Å². The highest BCUT2D eigenvalue weighted by Gasteiger charge is 2.24. The predicted molar refractivity (Wildman–Crippen MR) is 495 cm³/mol. The second kappa shape index (κ2) is 47.6. The number of nitrogens with one attached hydrogen (secondary N) is 1. The number of H-pyrrole nitrogens is 1. The first-order valence-electron chi connectivity index (χ1n) is 40.5. The normalized spacial score (nSPS) is 13.7. The highest BCUT2D eigenvalue weighted by Crippen LogP contribution is 2.30. The van der Waals surface area contributed by atoms with Crippen LogP contribution in [0, 0.1) is 21.7 Å². The Morgan fingerprint density at radius 3 is 1.05 bits per heavy atom. The average molecular weight is 1570 g/mol. The van der Waals surface area contributed by atoms with E-state index >= 15 is 0 Å². The Labute approximate surface area is 698 Å². The topological polar surface area (TPSA) is 219 Å². The van der Waals surface area contributed by atoms with Gasteiger partial charge in [0.05, 0.1) is 23.6 Å². The molecule has 4 aliphatic heterocycles. The third-order valence-electron chi connectivity index (χ3n) is 17.1. The average Bonchev–Trinajstić information content (AvgIpc) is 1.80. The van der Waals surface area contributed by atoms with E-state index in [0.717, 1.165) is 60.2 Å². The number of aromatic nitrogens is 11. The van der Waals surface area contributed by atoms with Gasteiger partial charge >= 0.3 is 0 Å². The second-order valence-corrected chi connectivity index (χ2v) is 40.7. The fraction of sp³-hybridized carbons (Fsp3) is 0.531. The Kier molecular flexibility index (Phi) is 42.9. The van der Waals surface area contributed by atoms with Gasteiger partial charge in [0.15, 0.2) is 0 Å². The molecule has 17 nitrogen and oxygen atoms in total. The van der Waals surface area contributed by atoms with Crippen LogP contribution >= 0.6 is 0 Å². The fourth-order valence-electron chi connectivity index (χ4n) is 9.26. The number of hydrogen-bond acceptors (Lipinski definition) is 16. The first kappa shape index (κ1) is 104. The largest absolute Gasteiger partial charge is 0.348 e. The molecule has 1 aromatic carbocycles. The summed E-state index contributed by atoms with van der Waals surface area (Å²) in [6.07, 6.45) is 35.9. The van der Waals surface area contributed by atoms with Gasteiger partial charge in [-0.3, -0.25) is 39.9 Å². The minimum absolute atomic E-state index is 0.0707. The predicted octanol–water partition coefficient (Wildman–Crippen LogP) is 25.3. The Hall–Kier alpha value is -9.38. The second-order valence-electron chi connectivity index (χ2n) is 40.7. The lowest BCUT2D eigenvalue weighted by molar-refractivity contribution is 0.499. The van der Waals surface area contributed by atoms with Crippen molar-refractivity contribution >= 4 is 35.9 Å². The zero-order chi connectivity index (χ0) is 87.8. The first-order valence-corrected chi connectivity index (χ1v) is 40.5. The van der Waals surface area contributed by atoms with Gasteiger partial charge in [-0.2, -0.15) is 20.4 Å². The molecule has 7 aromatic heterocycles. The van der Waals surface area contributed by atoms with Crippen molar-refractivity contribution in [1.82, 2.24) is 55.1 Å². The van der Waals surface area contributed by atoms with E-state index in [1.165, 1.54) is 33.8 Å². The summed E-state index contributed by atoms with van der Waals surface area (Å²) in [6.45, 7) is 78.6. The summed E-state index contributed by atoms with van der Waals surface area (Å²) in [5.74, 6) is 1.94.